The van der Waals surface area contributed by atoms with Crippen molar-refractivity contribution in [1.29, 1.82) is 0 Å². The quantitative estimate of drug-likeness (QED) is 0.768. The van der Waals surface area contributed by atoms with Crippen LogP contribution in [0.15, 0.2) is 24.3 Å². The Balaban J connectivity index is 1.87. The van der Waals surface area contributed by atoms with Crippen LogP contribution in [0.1, 0.15) is 38.8 Å². The van der Waals surface area contributed by atoms with Crippen molar-refractivity contribution in [3.8, 4) is 0 Å². The van der Waals surface area contributed by atoms with Crippen LogP contribution in [-0.4, -0.2) is 12.1 Å². The molecule has 2 atom stereocenters. The maximum atomic E-state index is 11.7. The second kappa shape index (κ2) is 4.61. The smallest absolute Gasteiger partial charge is 0.319 e. The predicted octanol–water partition coefficient (Wildman–Crippen LogP) is 2.63. The van der Waals surface area contributed by atoms with Gasteiger partial charge in [-0.2, -0.15) is 0 Å². The summed E-state index contributed by atoms with van der Waals surface area (Å²) < 4.78 is 0. The minimum atomic E-state index is -0.140. The fraction of sp³-hybridized carbons (Fsp3) is 0.500. The molecule has 98 valence electrons. The van der Waals surface area contributed by atoms with Crippen molar-refractivity contribution in [2.45, 2.75) is 39.3 Å². The van der Waals surface area contributed by atoms with Gasteiger partial charge in [0.1, 0.15) is 0 Å². The van der Waals surface area contributed by atoms with Gasteiger partial charge < -0.3 is 16.4 Å². The molecule has 1 aliphatic rings. The molecule has 0 saturated heterocycles. The molecule has 0 aromatic heterocycles. The molecular weight excluding hydrogens is 226 g/mol. The first-order valence-corrected chi connectivity index (χ1v) is 6.31. The number of carbonyl (C=O) groups excluding carboxylic acids is 1. The van der Waals surface area contributed by atoms with Gasteiger partial charge in [-0.05, 0) is 36.5 Å². The summed E-state index contributed by atoms with van der Waals surface area (Å²) in [5.41, 5.74) is 7.86. The van der Waals surface area contributed by atoms with Gasteiger partial charge in [0.05, 0.1) is 0 Å². The van der Waals surface area contributed by atoms with Gasteiger partial charge in [0, 0.05) is 17.8 Å². The molecule has 2 amide bonds. The van der Waals surface area contributed by atoms with E-state index >= 15 is 0 Å². The number of rotatable bonds is 3. The number of nitrogens with one attached hydrogen (secondary N) is 2. The normalized spacial score (nSPS) is 22.1. The molecule has 0 radical (unpaired) electrons. The van der Waals surface area contributed by atoms with Gasteiger partial charge in [-0.25, -0.2) is 4.79 Å². The minimum absolute atomic E-state index is 0.0140. The first-order chi connectivity index (χ1) is 8.38. The van der Waals surface area contributed by atoms with Crippen LogP contribution in [0, 0.1) is 5.41 Å². The van der Waals surface area contributed by atoms with E-state index in [9.17, 15) is 4.79 Å². The highest BCUT2D eigenvalue weighted by Crippen LogP contribution is 2.44. The molecular formula is C14H21N3O. The van der Waals surface area contributed by atoms with Crippen molar-refractivity contribution < 1.29 is 4.79 Å². The summed E-state index contributed by atoms with van der Waals surface area (Å²) in [6.07, 6.45) is 1.05. The standard InChI is InChI=1S/C14H21N3O/c1-9(15)10-4-6-11(7-5-10)16-13(18)17-12-8-14(12,2)3/h4-7,9,12H,8,15H2,1-3H3,(H2,16,17,18). The first-order valence-electron chi connectivity index (χ1n) is 6.31. The lowest BCUT2D eigenvalue weighted by Gasteiger charge is -2.10. The number of anilines is 1. The van der Waals surface area contributed by atoms with E-state index in [1.54, 1.807) is 0 Å². The van der Waals surface area contributed by atoms with Crippen molar-refractivity contribution in [3.05, 3.63) is 29.8 Å². The molecule has 0 bridgehead atoms. The average Bonchev–Trinajstić information content (AvgIpc) is 2.86. The van der Waals surface area contributed by atoms with E-state index in [4.69, 9.17) is 5.73 Å². The van der Waals surface area contributed by atoms with Crippen molar-refractivity contribution in [2.75, 3.05) is 5.32 Å². The van der Waals surface area contributed by atoms with Gasteiger partial charge in [0.25, 0.3) is 0 Å². The fourth-order valence-electron chi connectivity index (χ4n) is 1.91. The molecule has 1 aliphatic carbocycles. The fourth-order valence-corrected chi connectivity index (χ4v) is 1.91. The highest BCUT2D eigenvalue weighted by molar-refractivity contribution is 5.89. The van der Waals surface area contributed by atoms with Crippen molar-refractivity contribution in [3.63, 3.8) is 0 Å². The van der Waals surface area contributed by atoms with E-state index in [1.165, 1.54) is 0 Å². The van der Waals surface area contributed by atoms with Gasteiger partial charge >= 0.3 is 6.03 Å². The van der Waals surface area contributed by atoms with E-state index in [-0.39, 0.29) is 17.5 Å². The Hall–Kier alpha value is -1.55. The van der Waals surface area contributed by atoms with Crippen LogP contribution in [0.25, 0.3) is 0 Å². The molecule has 4 nitrogen and oxygen atoms in total. The zero-order valence-electron chi connectivity index (χ0n) is 11.2. The summed E-state index contributed by atoms with van der Waals surface area (Å²) >= 11 is 0. The van der Waals surface area contributed by atoms with Crippen LogP contribution in [0.5, 0.6) is 0 Å². The van der Waals surface area contributed by atoms with Crippen molar-refractivity contribution >= 4 is 11.7 Å². The Bertz CT molecular complexity index is 437. The average molecular weight is 247 g/mol. The Kier molecular flexibility index (Phi) is 3.30. The van der Waals surface area contributed by atoms with Gasteiger partial charge in [0.15, 0.2) is 0 Å². The monoisotopic (exact) mass is 247 g/mol. The number of nitrogens with two attached hydrogens (primary N) is 1. The van der Waals surface area contributed by atoms with E-state index < -0.39 is 0 Å². The molecule has 0 aliphatic heterocycles. The molecule has 0 heterocycles. The predicted molar refractivity (Wildman–Crippen MR) is 73.4 cm³/mol. The summed E-state index contributed by atoms with van der Waals surface area (Å²) in [5, 5.41) is 5.78. The van der Waals surface area contributed by atoms with Crippen LogP contribution in [0.3, 0.4) is 0 Å². The molecule has 18 heavy (non-hydrogen) atoms. The zero-order chi connectivity index (χ0) is 13.3. The lowest BCUT2D eigenvalue weighted by Crippen LogP contribution is -2.32. The number of urea groups is 1. The number of amides is 2. The third kappa shape index (κ3) is 3.01. The Morgan fingerprint density at radius 2 is 1.94 bits per heavy atom. The van der Waals surface area contributed by atoms with Crippen LogP contribution >= 0.6 is 0 Å². The summed E-state index contributed by atoms with van der Waals surface area (Å²) in [4.78, 5) is 11.7. The van der Waals surface area contributed by atoms with Crippen molar-refractivity contribution in [1.82, 2.24) is 5.32 Å². The first kappa shape index (κ1) is 12.9. The molecule has 1 aromatic rings. The minimum Gasteiger partial charge on any atom is -0.335 e. The van der Waals surface area contributed by atoms with Gasteiger partial charge in [-0.3, -0.25) is 0 Å². The molecule has 1 fully saturated rings. The van der Waals surface area contributed by atoms with Crippen LogP contribution in [-0.2, 0) is 0 Å². The molecule has 2 rings (SSSR count). The van der Waals surface area contributed by atoms with E-state index in [2.05, 4.69) is 24.5 Å². The number of hydrogen-bond donors (Lipinski definition) is 3. The highest BCUT2D eigenvalue weighted by Gasteiger charge is 2.46. The third-order valence-corrected chi connectivity index (χ3v) is 3.51. The van der Waals surface area contributed by atoms with E-state index in [0.29, 0.717) is 6.04 Å². The second-order valence-electron chi connectivity index (χ2n) is 5.75. The maximum absolute atomic E-state index is 11.7. The third-order valence-electron chi connectivity index (χ3n) is 3.51. The Labute approximate surface area is 108 Å². The highest BCUT2D eigenvalue weighted by atomic mass is 16.2. The SMILES string of the molecule is CC(N)c1ccc(NC(=O)NC2CC2(C)C)cc1. The van der Waals surface area contributed by atoms with Crippen molar-refractivity contribution in [2.24, 2.45) is 11.1 Å². The summed E-state index contributed by atoms with van der Waals surface area (Å²) in [6.45, 7) is 6.23. The molecule has 4 heteroatoms. The topological polar surface area (TPSA) is 67.1 Å². The maximum Gasteiger partial charge on any atom is 0.319 e. The summed E-state index contributed by atoms with van der Waals surface area (Å²) in [6, 6.07) is 7.77. The van der Waals surface area contributed by atoms with Crippen LogP contribution in [0.2, 0.25) is 0 Å². The molecule has 1 aromatic carbocycles. The lowest BCUT2D eigenvalue weighted by molar-refractivity contribution is 0.250. The Morgan fingerprint density at radius 3 is 2.39 bits per heavy atom. The number of hydrogen-bond acceptors (Lipinski definition) is 2. The molecule has 1 saturated carbocycles. The zero-order valence-corrected chi connectivity index (χ0v) is 11.2. The molecule has 0 spiro atoms. The van der Waals surface area contributed by atoms with E-state index in [1.807, 2.05) is 31.2 Å². The van der Waals surface area contributed by atoms with Gasteiger partial charge in [-0.1, -0.05) is 26.0 Å². The Morgan fingerprint density at radius 1 is 1.39 bits per heavy atom. The van der Waals surface area contributed by atoms with Gasteiger partial charge in [-0.15, -0.1) is 0 Å². The van der Waals surface area contributed by atoms with Crippen LogP contribution < -0.4 is 16.4 Å². The van der Waals surface area contributed by atoms with E-state index in [0.717, 1.165) is 17.7 Å². The largest absolute Gasteiger partial charge is 0.335 e. The molecule has 2 unspecified atom stereocenters. The second-order valence-corrected chi connectivity index (χ2v) is 5.75. The van der Waals surface area contributed by atoms with Gasteiger partial charge in [0.2, 0.25) is 0 Å². The number of benzene rings is 1. The van der Waals surface area contributed by atoms with Crippen LogP contribution in [0.4, 0.5) is 10.5 Å². The summed E-state index contributed by atoms with van der Waals surface area (Å²) in [5.74, 6) is 0. The lowest BCUT2D eigenvalue weighted by atomic mass is 10.1. The number of carbonyl (C=O) groups is 1. The summed E-state index contributed by atoms with van der Waals surface area (Å²) in [7, 11) is 0. The molecule has 4 N–H and O–H groups in total.